The Hall–Kier alpha value is -1.98. The average Bonchev–Trinajstić information content (AvgIpc) is 2.52. The van der Waals surface area contributed by atoms with Gasteiger partial charge < -0.3 is 9.80 Å². The summed E-state index contributed by atoms with van der Waals surface area (Å²) in [5.74, 6) is -0.113. The molecule has 0 atom stereocenters. The molecule has 1 aromatic carbocycles. The number of carbonyl (C=O) groups is 1. The summed E-state index contributed by atoms with van der Waals surface area (Å²) < 4.78 is 39.8. The molecule has 6 heteroatoms. The lowest BCUT2D eigenvalue weighted by Gasteiger charge is -2.36. The third kappa shape index (κ3) is 3.91. The molecule has 1 aliphatic heterocycles. The lowest BCUT2D eigenvalue weighted by molar-refractivity contribution is -0.138. The largest absolute Gasteiger partial charge is 0.416 e. The van der Waals surface area contributed by atoms with Crippen LogP contribution in [0.1, 0.15) is 31.9 Å². The Morgan fingerprint density at radius 1 is 1.08 bits per heavy atom. The van der Waals surface area contributed by atoms with Gasteiger partial charge in [0.25, 0.3) is 0 Å². The van der Waals surface area contributed by atoms with E-state index in [-0.39, 0.29) is 11.5 Å². The fourth-order valence-corrected chi connectivity index (χ4v) is 2.91. The molecule has 1 heterocycles. The van der Waals surface area contributed by atoms with Crippen molar-refractivity contribution in [2.75, 3.05) is 31.1 Å². The molecule has 0 saturated carbocycles. The molecular formula is C18H23F3N2O. The first-order valence-corrected chi connectivity index (χ1v) is 7.92. The van der Waals surface area contributed by atoms with Crippen molar-refractivity contribution < 1.29 is 18.0 Å². The SMILES string of the molecule is C=CC(=O)N1CCN(c2ccc(C(F)(F)F)c(C(C)(C)C)c2)CC1. The van der Waals surface area contributed by atoms with Crippen molar-refractivity contribution in [1.29, 1.82) is 0 Å². The van der Waals surface area contributed by atoms with E-state index in [1.807, 2.05) is 4.90 Å². The molecule has 1 aromatic rings. The minimum Gasteiger partial charge on any atom is -0.368 e. The van der Waals surface area contributed by atoms with Crippen molar-refractivity contribution in [3.8, 4) is 0 Å². The predicted octanol–water partition coefficient (Wildman–Crippen LogP) is 3.84. The van der Waals surface area contributed by atoms with E-state index in [2.05, 4.69) is 6.58 Å². The zero-order valence-electron chi connectivity index (χ0n) is 14.3. The molecule has 0 spiro atoms. The van der Waals surface area contributed by atoms with Crippen molar-refractivity contribution >= 4 is 11.6 Å². The van der Waals surface area contributed by atoms with E-state index in [9.17, 15) is 18.0 Å². The van der Waals surface area contributed by atoms with Gasteiger partial charge in [-0.3, -0.25) is 4.79 Å². The summed E-state index contributed by atoms with van der Waals surface area (Å²) in [5.41, 5.74) is -0.142. The van der Waals surface area contributed by atoms with Gasteiger partial charge in [0.1, 0.15) is 0 Å². The zero-order valence-corrected chi connectivity index (χ0v) is 14.3. The molecule has 0 unspecified atom stereocenters. The van der Waals surface area contributed by atoms with Crippen LogP contribution >= 0.6 is 0 Å². The van der Waals surface area contributed by atoms with Crippen LogP contribution in [0.25, 0.3) is 0 Å². The molecule has 1 fully saturated rings. The fourth-order valence-electron chi connectivity index (χ4n) is 2.91. The molecular weight excluding hydrogens is 317 g/mol. The van der Waals surface area contributed by atoms with E-state index >= 15 is 0 Å². The summed E-state index contributed by atoms with van der Waals surface area (Å²) in [6.45, 7) is 11.1. The van der Waals surface area contributed by atoms with Gasteiger partial charge in [0.05, 0.1) is 5.56 Å². The highest BCUT2D eigenvalue weighted by Crippen LogP contribution is 2.39. The topological polar surface area (TPSA) is 23.6 Å². The van der Waals surface area contributed by atoms with Gasteiger partial charge in [0, 0.05) is 31.9 Å². The highest BCUT2D eigenvalue weighted by molar-refractivity contribution is 5.87. The molecule has 0 N–H and O–H groups in total. The van der Waals surface area contributed by atoms with Gasteiger partial charge >= 0.3 is 6.18 Å². The van der Waals surface area contributed by atoms with Crippen molar-refractivity contribution in [2.24, 2.45) is 0 Å². The standard InChI is InChI=1S/C18H23F3N2O/c1-5-16(24)23-10-8-22(9-11-23)13-6-7-14(18(19,20)21)15(12-13)17(2,3)4/h5-7,12H,1,8-11H2,2-4H3. The average molecular weight is 340 g/mol. The molecule has 0 aliphatic carbocycles. The number of anilines is 1. The third-order valence-corrected chi connectivity index (χ3v) is 4.25. The summed E-state index contributed by atoms with van der Waals surface area (Å²) in [5, 5.41) is 0. The number of amides is 1. The minimum absolute atomic E-state index is 0.113. The Kier molecular flexibility index (Phi) is 4.97. The van der Waals surface area contributed by atoms with Gasteiger partial charge in [-0.1, -0.05) is 27.4 Å². The van der Waals surface area contributed by atoms with Crippen LogP contribution in [0.2, 0.25) is 0 Å². The Morgan fingerprint density at radius 3 is 2.12 bits per heavy atom. The number of halogens is 3. The second-order valence-corrected chi connectivity index (χ2v) is 6.99. The van der Waals surface area contributed by atoms with Crippen LogP contribution < -0.4 is 4.90 Å². The second kappa shape index (κ2) is 6.49. The molecule has 24 heavy (non-hydrogen) atoms. The summed E-state index contributed by atoms with van der Waals surface area (Å²) in [6.07, 6.45) is -3.08. The number of nitrogens with zero attached hydrogens (tertiary/aromatic N) is 2. The Labute approximate surface area is 140 Å². The van der Waals surface area contributed by atoms with Crippen molar-refractivity contribution in [1.82, 2.24) is 4.90 Å². The van der Waals surface area contributed by atoms with Crippen molar-refractivity contribution in [3.05, 3.63) is 42.0 Å². The van der Waals surface area contributed by atoms with E-state index in [1.54, 1.807) is 31.7 Å². The van der Waals surface area contributed by atoms with E-state index in [0.29, 0.717) is 26.2 Å². The van der Waals surface area contributed by atoms with Gasteiger partial charge in [-0.2, -0.15) is 13.2 Å². The summed E-state index contributed by atoms with van der Waals surface area (Å²) in [7, 11) is 0. The molecule has 132 valence electrons. The first-order chi connectivity index (χ1) is 11.0. The third-order valence-electron chi connectivity index (χ3n) is 4.25. The van der Waals surface area contributed by atoms with Crippen LogP contribution in [-0.4, -0.2) is 37.0 Å². The predicted molar refractivity (Wildman–Crippen MR) is 89.1 cm³/mol. The van der Waals surface area contributed by atoms with E-state index in [4.69, 9.17) is 0 Å². The van der Waals surface area contributed by atoms with Gasteiger partial charge in [-0.25, -0.2) is 0 Å². The van der Waals surface area contributed by atoms with Gasteiger partial charge in [-0.15, -0.1) is 0 Å². The van der Waals surface area contributed by atoms with Crippen molar-refractivity contribution in [3.63, 3.8) is 0 Å². The van der Waals surface area contributed by atoms with Crippen LogP contribution in [0.4, 0.5) is 18.9 Å². The summed E-state index contributed by atoms with van der Waals surface area (Å²) in [4.78, 5) is 15.3. The highest BCUT2D eigenvalue weighted by Gasteiger charge is 2.36. The van der Waals surface area contributed by atoms with E-state index in [1.165, 1.54) is 12.1 Å². The maximum absolute atomic E-state index is 13.3. The molecule has 0 bridgehead atoms. The number of benzene rings is 1. The van der Waals surface area contributed by atoms with Gasteiger partial charge in [0.2, 0.25) is 5.91 Å². The van der Waals surface area contributed by atoms with Crippen LogP contribution in [0.3, 0.4) is 0 Å². The van der Waals surface area contributed by atoms with Crippen molar-refractivity contribution in [2.45, 2.75) is 32.4 Å². The first-order valence-electron chi connectivity index (χ1n) is 7.92. The van der Waals surface area contributed by atoms with Crippen LogP contribution in [0.5, 0.6) is 0 Å². The number of hydrogen-bond acceptors (Lipinski definition) is 2. The molecule has 0 radical (unpaired) electrons. The Balaban J connectivity index is 2.27. The number of carbonyl (C=O) groups excluding carboxylic acids is 1. The van der Waals surface area contributed by atoms with E-state index in [0.717, 1.165) is 11.8 Å². The summed E-state index contributed by atoms with van der Waals surface area (Å²) >= 11 is 0. The lowest BCUT2D eigenvalue weighted by Crippen LogP contribution is -2.48. The molecule has 1 aliphatic rings. The van der Waals surface area contributed by atoms with Crippen LogP contribution in [-0.2, 0) is 16.4 Å². The first kappa shape index (κ1) is 18.4. The molecule has 3 nitrogen and oxygen atoms in total. The maximum Gasteiger partial charge on any atom is 0.416 e. The van der Waals surface area contributed by atoms with E-state index < -0.39 is 17.2 Å². The highest BCUT2D eigenvalue weighted by atomic mass is 19.4. The number of rotatable bonds is 2. The fraction of sp³-hybridized carbons (Fsp3) is 0.500. The monoisotopic (exact) mass is 340 g/mol. The lowest BCUT2D eigenvalue weighted by atomic mass is 9.83. The van der Waals surface area contributed by atoms with Crippen LogP contribution in [0.15, 0.2) is 30.9 Å². The molecule has 1 saturated heterocycles. The zero-order chi connectivity index (χ0) is 18.1. The number of hydrogen-bond donors (Lipinski definition) is 0. The normalized spacial score (nSPS) is 16.2. The molecule has 1 amide bonds. The second-order valence-electron chi connectivity index (χ2n) is 6.99. The summed E-state index contributed by atoms with van der Waals surface area (Å²) in [6, 6.07) is 4.31. The number of alkyl halides is 3. The Morgan fingerprint density at radius 2 is 1.67 bits per heavy atom. The quantitative estimate of drug-likeness (QED) is 0.764. The maximum atomic E-state index is 13.3. The van der Waals surface area contributed by atoms with Crippen LogP contribution in [0, 0.1) is 0 Å². The molecule has 0 aromatic heterocycles. The van der Waals surface area contributed by atoms with Gasteiger partial charge in [-0.05, 0) is 35.3 Å². The van der Waals surface area contributed by atoms with Gasteiger partial charge in [0.15, 0.2) is 0 Å². The minimum atomic E-state index is -4.36. The smallest absolute Gasteiger partial charge is 0.368 e. The number of piperazine rings is 1. The Bertz CT molecular complexity index is 624. The molecule has 2 rings (SSSR count).